The van der Waals surface area contributed by atoms with E-state index >= 15 is 0 Å². The van der Waals surface area contributed by atoms with E-state index in [1.54, 1.807) is 16.2 Å². The SMILES string of the molecule is Cc1ccccc1C1c2ccsc2CCN1C(=O)CN(CCC(C)C)C(=O)C(C)(C)C. The lowest BCUT2D eigenvalue weighted by Gasteiger charge is -2.39. The molecule has 1 aromatic heterocycles. The Kier molecular flexibility index (Phi) is 7.25. The van der Waals surface area contributed by atoms with Crippen molar-refractivity contribution < 1.29 is 9.59 Å². The fraction of sp³-hybridized carbons (Fsp3) is 0.538. The number of carbonyl (C=O) groups is 2. The summed E-state index contributed by atoms with van der Waals surface area (Å²) in [6.45, 7) is 13.6. The predicted octanol–water partition coefficient (Wildman–Crippen LogP) is 5.45. The molecule has 5 heteroatoms. The molecule has 2 aromatic rings. The van der Waals surface area contributed by atoms with Crippen LogP contribution in [0.2, 0.25) is 0 Å². The standard InChI is InChI=1S/C26H36N2O2S/c1-18(2)11-14-27(25(30)26(4,5)6)17-23(29)28-15-12-22-21(13-16-31-22)24(28)20-10-8-7-9-19(20)3/h7-10,13,16,18,24H,11-12,14-15,17H2,1-6H3. The maximum atomic E-state index is 13.6. The lowest BCUT2D eigenvalue weighted by Crippen LogP contribution is -2.49. The molecule has 168 valence electrons. The topological polar surface area (TPSA) is 40.6 Å². The van der Waals surface area contributed by atoms with E-state index in [-0.39, 0.29) is 24.4 Å². The maximum Gasteiger partial charge on any atom is 0.242 e. The number of benzene rings is 1. The summed E-state index contributed by atoms with van der Waals surface area (Å²) >= 11 is 1.77. The van der Waals surface area contributed by atoms with Gasteiger partial charge in [-0.1, -0.05) is 58.9 Å². The van der Waals surface area contributed by atoms with E-state index in [0.29, 0.717) is 19.0 Å². The number of aryl methyl sites for hydroxylation is 1. The number of fused-ring (bicyclic) bond motifs is 1. The molecule has 0 radical (unpaired) electrons. The summed E-state index contributed by atoms with van der Waals surface area (Å²) in [7, 11) is 0. The monoisotopic (exact) mass is 440 g/mol. The first kappa shape index (κ1) is 23.5. The van der Waals surface area contributed by atoms with Crippen LogP contribution in [0.3, 0.4) is 0 Å². The summed E-state index contributed by atoms with van der Waals surface area (Å²) in [4.78, 5) is 31.9. The number of hydrogen-bond donors (Lipinski definition) is 0. The molecule has 0 saturated carbocycles. The fourth-order valence-electron chi connectivity index (χ4n) is 4.21. The summed E-state index contributed by atoms with van der Waals surface area (Å²) in [6.07, 6.45) is 1.77. The third-order valence-corrected chi connectivity index (χ3v) is 7.00. The van der Waals surface area contributed by atoms with E-state index in [1.807, 2.05) is 37.8 Å². The van der Waals surface area contributed by atoms with Crippen molar-refractivity contribution >= 4 is 23.2 Å². The third-order valence-electron chi connectivity index (χ3n) is 6.00. The van der Waals surface area contributed by atoms with Gasteiger partial charge in [-0.25, -0.2) is 0 Å². The molecule has 2 heterocycles. The van der Waals surface area contributed by atoms with Crippen molar-refractivity contribution in [1.82, 2.24) is 9.80 Å². The molecule has 31 heavy (non-hydrogen) atoms. The van der Waals surface area contributed by atoms with E-state index in [2.05, 4.69) is 44.4 Å². The zero-order chi connectivity index (χ0) is 22.8. The van der Waals surface area contributed by atoms with Crippen molar-refractivity contribution in [3.8, 4) is 0 Å². The molecular weight excluding hydrogens is 404 g/mol. The lowest BCUT2D eigenvalue weighted by atomic mass is 9.90. The molecule has 1 aromatic carbocycles. The Morgan fingerprint density at radius 1 is 1.16 bits per heavy atom. The second-order valence-electron chi connectivity index (χ2n) is 10.1. The number of thiophene rings is 1. The van der Waals surface area contributed by atoms with Crippen molar-refractivity contribution in [2.45, 2.75) is 60.4 Å². The van der Waals surface area contributed by atoms with Crippen LogP contribution in [0.5, 0.6) is 0 Å². The van der Waals surface area contributed by atoms with Gasteiger partial charge in [0, 0.05) is 23.4 Å². The van der Waals surface area contributed by atoms with Crippen LogP contribution in [-0.2, 0) is 16.0 Å². The Morgan fingerprint density at radius 3 is 2.52 bits per heavy atom. The molecule has 4 nitrogen and oxygen atoms in total. The quantitative estimate of drug-likeness (QED) is 0.599. The highest BCUT2D eigenvalue weighted by molar-refractivity contribution is 7.10. The summed E-state index contributed by atoms with van der Waals surface area (Å²) in [5, 5.41) is 2.13. The van der Waals surface area contributed by atoms with Gasteiger partial charge in [0.1, 0.15) is 0 Å². The number of hydrogen-bond acceptors (Lipinski definition) is 3. The maximum absolute atomic E-state index is 13.6. The van der Waals surface area contributed by atoms with Gasteiger partial charge < -0.3 is 9.80 Å². The Labute approximate surface area is 191 Å². The Morgan fingerprint density at radius 2 is 1.87 bits per heavy atom. The molecule has 0 spiro atoms. The van der Waals surface area contributed by atoms with Crippen LogP contribution in [-0.4, -0.2) is 41.2 Å². The van der Waals surface area contributed by atoms with E-state index < -0.39 is 5.41 Å². The fourth-order valence-corrected chi connectivity index (χ4v) is 5.11. The highest BCUT2D eigenvalue weighted by Gasteiger charge is 2.36. The average Bonchev–Trinajstić information content (AvgIpc) is 3.18. The van der Waals surface area contributed by atoms with E-state index in [0.717, 1.165) is 12.8 Å². The Hall–Kier alpha value is -2.14. The third kappa shape index (κ3) is 5.38. The van der Waals surface area contributed by atoms with Gasteiger partial charge in [0.2, 0.25) is 11.8 Å². The number of amides is 2. The van der Waals surface area contributed by atoms with Crippen molar-refractivity contribution in [2.75, 3.05) is 19.6 Å². The largest absolute Gasteiger partial charge is 0.333 e. The second kappa shape index (κ2) is 9.56. The van der Waals surface area contributed by atoms with Crippen LogP contribution in [0.4, 0.5) is 0 Å². The van der Waals surface area contributed by atoms with Crippen LogP contribution in [0.15, 0.2) is 35.7 Å². The van der Waals surface area contributed by atoms with Crippen molar-refractivity contribution in [2.24, 2.45) is 11.3 Å². The van der Waals surface area contributed by atoms with E-state index in [1.165, 1.54) is 21.6 Å². The van der Waals surface area contributed by atoms with Crippen LogP contribution in [0.25, 0.3) is 0 Å². The number of nitrogens with zero attached hydrogens (tertiary/aromatic N) is 2. The number of carbonyl (C=O) groups excluding carboxylic acids is 2. The molecular formula is C26H36N2O2S. The Bertz CT molecular complexity index is 925. The highest BCUT2D eigenvalue weighted by atomic mass is 32.1. The summed E-state index contributed by atoms with van der Waals surface area (Å²) in [6, 6.07) is 10.4. The first-order chi connectivity index (χ1) is 14.6. The van der Waals surface area contributed by atoms with Crippen LogP contribution in [0.1, 0.15) is 68.6 Å². The van der Waals surface area contributed by atoms with Crippen molar-refractivity contribution in [3.05, 3.63) is 57.3 Å². The number of rotatable bonds is 6. The minimum Gasteiger partial charge on any atom is -0.333 e. The molecule has 0 fully saturated rings. The Balaban J connectivity index is 1.90. The van der Waals surface area contributed by atoms with Gasteiger partial charge in [-0.2, -0.15) is 0 Å². The highest BCUT2D eigenvalue weighted by Crippen LogP contribution is 2.39. The smallest absolute Gasteiger partial charge is 0.242 e. The molecule has 1 unspecified atom stereocenters. The first-order valence-electron chi connectivity index (χ1n) is 11.3. The zero-order valence-electron chi connectivity index (χ0n) is 19.8. The van der Waals surface area contributed by atoms with Gasteiger partial charge in [-0.05, 0) is 53.8 Å². The van der Waals surface area contributed by atoms with Gasteiger partial charge in [0.25, 0.3) is 0 Å². The van der Waals surface area contributed by atoms with Crippen LogP contribution >= 0.6 is 11.3 Å². The van der Waals surface area contributed by atoms with E-state index in [9.17, 15) is 9.59 Å². The lowest BCUT2D eigenvalue weighted by molar-refractivity contribution is -0.146. The minimum absolute atomic E-state index is 0.0338. The van der Waals surface area contributed by atoms with Crippen LogP contribution < -0.4 is 0 Å². The van der Waals surface area contributed by atoms with Gasteiger partial charge in [0.05, 0.1) is 12.6 Å². The summed E-state index contributed by atoms with van der Waals surface area (Å²) in [5.41, 5.74) is 3.09. The summed E-state index contributed by atoms with van der Waals surface area (Å²) in [5.74, 6) is 0.557. The van der Waals surface area contributed by atoms with Crippen LogP contribution in [0, 0.1) is 18.3 Å². The summed E-state index contributed by atoms with van der Waals surface area (Å²) < 4.78 is 0. The first-order valence-corrected chi connectivity index (χ1v) is 12.2. The predicted molar refractivity (Wildman–Crippen MR) is 128 cm³/mol. The van der Waals surface area contributed by atoms with Crippen molar-refractivity contribution in [3.63, 3.8) is 0 Å². The molecule has 3 rings (SSSR count). The molecule has 1 aliphatic rings. The molecule has 0 aliphatic carbocycles. The van der Waals surface area contributed by atoms with Gasteiger partial charge in [-0.3, -0.25) is 9.59 Å². The van der Waals surface area contributed by atoms with Gasteiger partial charge in [-0.15, -0.1) is 11.3 Å². The van der Waals surface area contributed by atoms with Gasteiger partial charge in [0.15, 0.2) is 0 Å². The molecule has 1 aliphatic heterocycles. The molecule has 0 N–H and O–H groups in total. The molecule has 0 saturated heterocycles. The zero-order valence-corrected chi connectivity index (χ0v) is 20.6. The van der Waals surface area contributed by atoms with Crippen molar-refractivity contribution in [1.29, 1.82) is 0 Å². The molecule has 0 bridgehead atoms. The van der Waals surface area contributed by atoms with E-state index in [4.69, 9.17) is 0 Å². The molecule has 2 amide bonds. The van der Waals surface area contributed by atoms with Gasteiger partial charge >= 0.3 is 0 Å². The second-order valence-corrected chi connectivity index (χ2v) is 11.1. The minimum atomic E-state index is -0.505. The molecule has 1 atom stereocenters. The normalized spacial score (nSPS) is 16.4. The average molecular weight is 441 g/mol.